The molecule has 9 heteroatoms. The van der Waals surface area contributed by atoms with Crippen molar-refractivity contribution in [1.29, 1.82) is 0 Å². The molecule has 2 fully saturated rings. The number of rotatable bonds is 3. The van der Waals surface area contributed by atoms with Crippen LogP contribution in [0.25, 0.3) is 17.3 Å². The third kappa shape index (κ3) is 3.10. The van der Waals surface area contributed by atoms with Crippen LogP contribution in [0.3, 0.4) is 0 Å². The fourth-order valence-electron chi connectivity index (χ4n) is 4.20. The third-order valence-electron chi connectivity index (χ3n) is 5.66. The van der Waals surface area contributed by atoms with Crippen LogP contribution in [-0.4, -0.2) is 60.0 Å². The molecular formula is C19H24N8O. The molecule has 1 aliphatic carbocycles. The SMILES string of the molecule is Cc1ccc(-c2nc([C@H]3CC[C@H]4OCCN[C@@H]4C3)n(-c3ccnn3C)n2)nn1. The Morgan fingerprint density at radius 2 is 2.11 bits per heavy atom. The molecule has 3 aromatic rings. The molecule has 1 N–H and O–H groups in total. The highest BCUT2D eigenvalue weighted by atomic mass is 16.5. The van der Waals surface area contributed by atoms with Crippen LogP contribution >= 0.6 is 0 Å². The lowest BCUT2D eigenvalue weighted by Crippen LogP contribution is -2.51. The number of fused-ring (bicyclic) bond motifs is 1. The van der Waals surface area contributed by atoms with Crippen molar-refractivity contribution >= 4 is 0 Å². The molecule has 5 rings (SSSR count). The molecule has 3 aromatic heterocycles. The summed E-state index contributed by atoms with van der Waals surface area (Å²) in [6, 6.07) is 6.17. The van der Waals surface area contributed by atoms with Gasteiger partial charge >= 0.3 is 0 Å². The summed E-state index contributed by atoms with van der Waals surface area (Å²) >= 11 is 0. The normalized spacial score (nSPS) is 24.9. The lowest BCUT2D eigenvalue weighted by molar-refractivity contribution is -0.0281. The molecular weight excluding hydrogens is 356 g/mol. The summed E-state index contributed by atoms with van der Waals surface area (Å²) in [5, 5.41) is 21.1. The molecule has 1 saturated carbocycles. The van der Waals surface area contributed by atoms with Crippen LogP contribution in [0.1, 0.15) is 36.7 Å². The number of nitrogens with zero attached hydrogens (tertiary/aromatic N) is 7. The van der Waals surface area contributed by atoms with E-state index in [0.29, 0.717) is 29.6 Å². The van der Waals surface area contributed by atoms with Crippen LogP contribution < -0.4 is 5.32 Å². The predicted molar refractivity (Wildman–Crippen MR) is 102 cm³/mol. The van der Waals surface area contributed by atoms with Crippen molar-refractivity contribution in [2.75, 3.05) is 13.2 Å². The first-order valence-electron chi connectivity index (χ1n) is 9.80. The zero-order chi connectivity index (χ0) is 19.1. The van der Waals surface area contributed by atoms with Crippen molar-refractivity contribution in [3.8, 4) is 17.3 Å². The first-order valence-corrected chi connectivity index (χ1v) is 9.80. The number of hydrogen-bond donors (Lipinski definition) is 1. The standard InChI is InChI=1S/C19H24N8O/c1-12-3-5-14(24-23-12)18-22-19(27(25-18)17-7-8-21-26(17)2)13-4-6-16-15(11-13)20-9-10-28-16/h3,5,7-8,13,15-16,20H,4,6,9-11H2,1-2H3/t13-,15+,16+/m0/s1. The van der Waals surface area contributed by atoms with Crippen molar-refractivity contribution in [1.82, 2.24) is 40.1 Å². The smallest absolute Gasteiger partial charge is 0.202 e. The molecule has 9 nitrogen and oxygen atoms in total. The summed E-state index contributed by atoms with van der Waals surface area (Å²) in [5.41, 5.74) is 1.55. The fourth-order valence-corrected chi connectivity index (χ4v) is 4.20. The van der Waals surface area contributed by atoms with Crippen molar-refractivity contribution in [2.24, 2.45) is 7.05 Å². The summed E-state index contributed by atoms with van der Waals surface area (Å²) in [4.78, 5) is 4.91. The van der Waals surface area contributed by atoms with Gasteiger partial charge in [-0.15, -0.1) is 10.2 Å². The van der Waals surface area contributed by atoms with E-state index >= 15 is 0 Å². The van der Waals surface area contributed by atoms with E-state index < -0.39 is 0 Å². The summed E-state index contributed by atoms with van der Waals surface area (Å²) in [7, 11) is 1.92. The van der Waals surface area contributed by atoms with E-state index in [0.717, 1.165) is 49.8 Å². The zero-order valence-electron chi connectivity index (χ0n) is 16.1. The maximum Gasteiger partial charge on any atom is 0.202 e. The number of ether oxygens (including phenoxy) is 1. The maximum atomic E-state index is 5.94. The summed E-state index contributed by atoms with van der Waals surface area (Å²) in [6.07, 6.45) is 5.12. The lowest BCUT2D eigenvalue weighted by Gasteiger charge is -2.39. The van der Waals surface area contributed by atoms with E-state index in [1.807, 2.05) is 41.5 Å². The molecule has 2 aliphatic rings. The van der Waals surface area contributed by atoms with Crippen molar-refractivity contribution < 1.29 is 4.74 Å². The summed E-state index contributed by atoms with van der Waals surface area (Å²) in [5.74, 6) is 2.74. The van der Waals surface area contributed by atoms with Crippen molar-refractivity contribution in [2.45, 2.75) is 44.2 Å². The third-order valence-corrected chi connectivity index (χ3v) is 5.66. The van der Waals surface area contributed by atoms with Gasteiger partial charge in [0.05, 0.1) is 24.6 Å². The van der Waals surface area contributed by atoms with Gasteiger partial charge in [-0.05, 0) is 38.3 Å². The van der Waals surface area contributed by atoms with Gasteiger partial charge in [0.25, 0.3) is 0 Å². The second-order valence-electron chi connectivity index (χ2n) is 7.56. The highest BCUT2D eigenvalue weighted by molar-refractivity contribution is 5.48. The highest BCUT2D eigenvalue weighted by Gasteiger charge is 2.36. The van der Waals surface area contributed by atoms with Gasteiger partial charge in [0.2, 0.25) is 5.82 Å². The molecule has 1 aliphatic heterocycles. The fraction of sp³-hybridized carbons (Fsp3) is 0.526. The Hall–Kier alpha value is -2.65. The molecule has 28 heavy (non-hydrogen) atoms. The van der Waals surface area contributed by atoms with Crippen molar-refractivity contribution in [3.05, 3.63) is 35.9 Å². The molecule has 4 heterocycles. The molecule has 0 bridgehead atoms. The van der Waals surface area contributed by atoms with Crippen molar-refractivity contribution in [3.63, 3.8) is 0 Å². The number of morpholine rings is 1. The lowest BCUT2D eigenvalue weighted by atomic mass is 9.82. The minimum absolute atomic E-state index is 0.296. The van der Waals surface area contributed by atoms with Gasteiger partial charge in [-0.25, -0.2) is 4.98 Å². The molecule has 0 amide bonds. The summed E-state index contributed by atoms with van der Waals surface area (Å²) < 4.78 is 9.67. The van der Waals surface area contributed by atoms with Gasteiger partial charge in [-0.3, -0.25) is 4.68 Å². The number of aromatic nitrogens is 7. The van der Waals surface area contributed by atoms with Crippen LogP contribution in [-0.2, 0) is 11.8 Å². The average Bonchev–Trinajstić information content (AvgIpc) is 3.34. The van der Waals surface area contributed by atoms with E-state index in [1.165, 1.54) is 0 Å². The van der Waals surface area contributed by atoms with E-state index in [4.69, 9.17) is 14.8 Å². The average molecular weight is 380 g/mol. The maximum absolute atomic E-state index is 5.94. The van der Waals surface area contributed by atoms with Gasteiger partial charge < -0.3 is 10.1 Å². The topological polar surface area (TPSA) is 95.6 Å². The predicted octanol–water partition coefficient (Wildman–Crippen LogP) is 1.39. The molecule has 146 valence electrons. The largest absolute Gasteiger partial charge is 0.375 e. The van der Waals surface area contributed by atoms with Gasteiger partial charge in [0, 0.05) is 31.6 Å². The van der Waals surface area contributed by atoms with E-state index in [2.05, 4.69) is 20.6 Å². The molecule has 1 saturated heterocycles. The van der Waals surface area contributed by atoms with Gasteiger partial charge in [0.1, 0.15) is 11.5 Å². The zero-order valence-corrected chi connectivity index (χ0v) is 16.1. The summed E-state index contributed by atoms with van der Waals surface area (Å²) in [6.45, 7) is 3.63. The van der Waals surface area contributed by atoms with Crippen LogP contribution in [0.15, 0.2) is 24.4 Å². The molecule has 3 atom stereocenters. The molecule has 0 unspecified atom stereocenters. The molecule has 0 radical (unpaired) electrons. The minimum Gasteiger partial charge on any atom is -0.375 e. The van der Waals surface area contributed by atoms with E-state index in [-0.39, 0.29) is 0 Å². The Balaban J connectivity index is 1.54. The Labute approximate surface area is 163 Å². The van der Waals surface area contributed by atoms with Crippen LogP contribution in [0.2, 0.25) is 0 Å². The first kappa shape index (κ1) is 17.4. The Kier molecular flexibility index (Phi) is 4.40. The van der Waals surface area contributed by atoms with E-state index in [9.17, 15) is 0 Å². The van der Waals surface area contributed by atoms with E-state index in [1.54, 1.807) is 6.20 Å². The van der Waals surface area contributed by atoms with Crippen LogP contribution in [0.4, 0.5) is 0 Å². The van der Waals surface area contributed by atoms with Gasteiger partial charge in [0.15, 0.2) is 5.82 Å². The first-order chi connectivity index (χ1) is 13.7. The number of hydrogen-bond acceptors (Lipinski definition) is 7. The Morgan fingerprint density at radius 1 is 1.18 bits per heavy atom. The Morgan fingerprint density at radius 3 is 2.89 bits per heavy atom. The minimum atomic E-state index is 0.296. The highest BCUT2D eigenvalue weighted by Crippen LogP contribution is 2.36. The van der Waals surface area contributed by atoms with Crippen LogP contribution in [0.5, 0.6) is 0 Å². The Bertz CT molecular complexity index is 963. The molecule has 0 spiro atoms. The monoisotopic (exact) mass is 380 g/mol. The second-order valence-corrected chi connectivity index (χ2v) is 7.56. The number of aryl methyl sites for hydroxylation is 2. The van der Waals surface area contributed by atoms with Gasteiger partial charge in [-0.2, -0.15) is 14.9 Å². The van der Waals surface area contributed by atoms with Gasteiger partial charge in [-0.1, -0.05) is 0 Å². The molecule has 0 aromatic carbocycles. The van der Waals surface area contributed by atoms with Crippen LogP contribution in [0, 0.1) is 6.92 Å². The number of nitrogens with one attached hydrogen (secondary N) is 1. The second kappa shape index (κ2) is 7.06. The quantitative estimate of drug-likeness (QED) is 0.733.